The molecule has 0 aliphatic carbocycles. The van der Waals surface area contributed by atoms with Gasteiger partial charge in [0.15, 0.2) is 0 Å². The molecular weight excluding hydrogens is 303 g/mol. The molecule has 0 saturated carbocycles. The number of halogens is 3. The van der Waals surface area contributed by atoms with Gasteiger partial charge in [0, 0.05) is 18.3 Å². The largest absolute Gasteiger partial charge is 0.447 e. The van der Waals surface area contributed by atoms with Gasteiger partial charge in [0.2, 0.25) is 0 Å². The topological polar surface area (TPSA) is 29.5 Å². The molecule has 1 amide bonds. The molecule has 0 bridgehead atoms. The molecule has 1 rings (SSSR count). The van der Waals surface area contributed by atoms with Gasteiger partial charge in [-0.25, -0.2) is 4.79 Å². The number of ether oxygens (including phenoxy) is 1. The summed E-state index contributed by atoms with van der Waals surface area (Å²) >= 11 is 1.33. The quantitative estimate of drug-likeness (QED) is 0.647. The number of hydrogen-bond acceptors (Lipinski definition) is 3. The third-order valence-corrected chi connectivity index (χ3v) is 4.37. The van der Waals surface area contributed by atoms with E-state index in [1.165, 1.54) is 11.8 Å². The maximum Gasteiger partial charge on any atom is 0.410 e. The van der Waals surface area contributed by atoms with Crippen molar-refractivity contribution in [3.05, 3.63) is 0 Å². The molecule has 1 atom stereocenters. The third kappa shape index (κ3) is 7.83. The molecular formula is C14H24F3NO2S. The maximum absolute atomic E-state index is 12.0. The van der Waals surface area contributed by atoms with Crippen molar-refractivity contribution in [1.29, 1.82) is 0 Å². The lowest BCUT2D eigenvalue weighted by atomic mass is 10.1. The zero-order valence-electron chi connectivity index (χ0n) is 12.6. The van der Waals surface area contributed by atoms with Crippen LogP contribution < -0.4 is 0 Å². The first-order valence-electron chi connectivity index (χ1n) is 7.41. The Morgan fingerprint density at radius 3 is 2.71 bits per heavy atom. The Kier molecular flexibility index (Phi) is 7.70. The number of alkyl halides is 3. The van der Waals surface area contributed by atoms with E-state index in [-0.39, 0.29) is 24.0 Å². The standard InChI is InChI=1S/C14H24F3NO2S/c1-11(2)20-13(19)18-8-3-5-12(18)6-4-9-21-10-7-14(15,16)17/h11-12H,3-10H2,1-2H3/t12-/m1/s1. The minimum atomic E-state index is -4.06. The van der Waals surface area contributed by atoms with Crippen molar-refractivity contribution < 1.29 is 22.7 Å². The average Bonchev–Trinajstić information content (AvgIpc) is 2.79. The maximum atomic E-state index is 12.0. The summed E-state index contributed by atoms with van der Waals surface area (Å²) in [6, 6.07) is 0.180. The van der Waals surface area contributed by atoms with Gasteiger partial charge in [0.05, 0.1) is 12.5 Å². The van der Waals surface area contributed by atoms with E-state index in [1.54, 1.807) is 4.90 Å². The van der Waals surface area contributed by atoms with Crippen molar-refractivity contribution >= 4 is 17.9 Å². The summed E-state index contributed by atoms with van der Waals surface area (Å²) in [5.74, 6) is 0.826. The van der Waals surface area contributed by atoms with Gasteiger partial charge in [0.1, 0.15) is 0 Å². The van der Waals surface area contributed by atoms with E-state index in [1.807, 2.05) is 13.8 Å². The first-order valence-corrected chi connectivity index (χ1v) is 8.57. The zero-order valence-corrected chi connectivity index (χ0v) is 13.4. The van der Waals surface area contributed by atoms with Crippen molar-refractivity contribution in [2.45, 2.75) is 64.3 Å². The van der Waals surface area contributed by atoms with E-state index in [0.717, 1.165) is 32.2 Å². The highest BCUT2D eigenvalue weighted by molar-refractivity contribution is 7.99. The number of hydrogen-bond donors (Lipinski definition) is 0. The van der Waals surface area contributed by atoms with Crippen molar-refractivity contribution in [1.82, 2.24) is 4.90 Å². The highest BCUT2D eigenvalue weighted by Gasteiger charge is 2.30. The molecule has 0 unspecified atom stereocenters. The zero-order chi connectivity index (χ0) is 15.9. The first-order chi connectivity index (χ1) is 9.79. The van der Waals surface area contributed by atoms with E-state index in [0.29, 0.717) is 5.75 Å². The molecule has 124 valence electrons. The lowest BCUT2D eigenvalue weighted by Crippen LogP contribution is -2.37. The first kappa shape index (κ1) is 18.5. The predicted octanol–water partition coefficient (Wildman–Crippen LogP) is 4.46. The van der Waals surface area contributed by atoms with Crippen LogP contribution in [0.4, 0.5) is 18.0 Å². The van der Waals surface area contributed by atoms with Gasteiger partial charge in [-0.15, -0.1) is 0 Å². The van der Waals surface area contributed by atoms with Crippen LogP contribution in [-0.4, -0.2) is 47.4 Å². The summed E-state index contributed by atoms with van der Waals surface area (Å²) in [5, 5.41) is 0. The number of carbonyl (C=O) groups is 1. The highest BCUT2D eigenvalue weighted by atomic mass is 32.2. The van der Waals surface area contributed by atoms with Crippen LogP contribution in [0.15, 0.2) is 0 Å². The number of nitrogens with zero attached hydrogens (tertiary/aromatic N) is 1. The van der Waals surface area contributed by atoms with Gasteiger partial charge in [-0.05, 0) is 45.3 Å². The molecule has 21 heavy (non-hydrogen) atoms. The molecule has 7 heteroatoms. The molecule has 1 aliphatic heterocycles. The van der Waals surface area contributed by atoms with Crippen LogP contribution in [0.5, 0.6) is 0 Å². The summed E-state index contributed by atoms with van der Waals surface area (Å²) in [7, 11) is 0. The van der Waals surface area contributed by atoms with Crippen LogP contribution in [0, 0.1) is 0 Å². The van der Waals surface area contributed by atoms with Gasteiger partial charge in [-0.1, -0.05) is 0 Å². The Hall–Kier alpha value is -0.590. The fourth-order valence-electron chi connectivity index (χ4n) is 2.36. The summed E-state index contributed by atoms with van der Waals surface area (Å²) < 4.78 is 41.2. The summed E-state index contributed by atoms with van der Waals surface area (Å²) in [4.78, 5) is 13.6. The van der Waals surface area contributed by atoms with Crippen LogP contribution in [0.25, 0.3) is 0 Å². The van der Waals surface area contributed by atoms with Crippen LogP contribution in [0.3, 0.4) is 0 Å². The van der Waals surface area contributed by atoms with Gasteiger partial charge in [-0.3, -0.25) is 0 Å². The Morgan fingerprint density at radius 1 is 1.38 bits per heavy atom. The van der Waals surface area contributed by atoms with E-state index >= 15 is 0 Å². The van der Waals surface area contributed by atoms with E-state index in [9.17, 15) is 18.0 Å². The fourth-order valence-corrected chi connectivity index (χ4v) is 3.31. The van der Waals surface area contributed by atoms with Crippen LogP contribution >= 0.6 is 11.8 Å². The third-order valence-electron chi connectivity index (χ3n) is 3.30. The normalized spacial score (nSPS) is 19.3. The molecule has 3 nitrogen and oxygen atoms in total. The molecule has 0 radical (unpaired) electrons. The number of thioether (sulfide) groups is 1. The monoisotopic (exact) mass is 327 g/mol. The van der Waals surface area contributed by atoms with Crippen molar-refractivity contribution in [3.8, 4) is 0 Å². The highest BCUT2D eigenvalue weighted by Crippen LogP contribution is 2.25. The molecule has 1 heterocycles. The second-order valence-corrected chi connectivity index (χ2v) is 6.77. The summed E-state index contributed by atoms with van der Waals surface area (Å²) in [6.45, 7) is 4.36. The molecule has 0 aromatic carbocycles. The van der Waals surface area contributed by atoms with Crippen LogP contribution in [-0.2, 0) is 4.74 Å². The van der Waals surface area contributed by atoms with Gasteiger partial charge in [0.25, 0.3) is 0 Å². The second kappa shape index (κ2) is 8.76. The molecule has 0 N–H and O–H groups in total. The fraction of sp³-hybridized carbons (Fsp3) is 0.929. The summed E-state index contributed by atoms with van der Waals surface area (Å²) in [5.41, 5.74) is 0. The van der Waals surface area contributed by atoms with Crippen molar-refractivity contribution in [3.63, 3.8) is 0 Å². The Morgan fingerprint density at radius 2 is 2.10 bits per heavy atom. The van der Waals surface area contributed by atoms with Gasteiger partial charge in [-0.2, -0.15) is 24.9 Å². The molecule has 0 aromatic rings. The minimum Gasteiger partial charge on any atom is -0.447 e. The average molecular weight is 327 g/mol. The van der Waals surface area contributed by atoms with E-state index in [4.69, 9.17) is 4.74 Å². The summed E-state index contributed by atoms with van der Waals surface area (Å²) in [6.07, 6.45) is -1.58. The molecule has 1 aliphatic rings. The smallest absolute Gasteiger partial charge is 0.410 e. The Bertz CT molecular complexity index is 324. The van der Waals surface area contributed by atoms with Gasteiger partial charge >= 0.3 is 12.3 Å². The van der Waals surface area contributed by atoms with Crippen molar-refractivity contribution in [2.24, 2.45) is 0 Å². The molecule has 0 aromatic heterocycles. The van der Waals surface area contributed by atoms with Crippen LogP contribution in [0.1, 0.15) is 46.0 Å². The number of rotatable bonds is 7. The molecule has 1 fully saturated rings. The van der Waals surface area contributed by atoms with E-state index in [2.05, 4.69) is 0 Å². The SMILES string of the molecule is CC(C)OC(=O)N1CCC[C@@H]1CCCSCCC(F)(F)F. The predicted molar refractivity (Wildman–Crippen MR) is 78.6 cm³/mol. The lowest BCUT2D eigenvalue weighted by Gasteiger charge is -2.25. The number of amides is 1. The molecule has 0 spiro atoms. The number of likely N-dealkylation sites (tertiary alicyclic amines) is 1. The number of carbonyl (C=O) groups excluding carboxylic acids is 1. The molecule has 1 saturated heterocycles. The Balaban J connectivity index is 2.17. The lowest BCUT2D eigenvalue weighted by molar-refractivity contribution is -0.129. The Labute approximate surface area is 128 Å². The van der Waals surface area contributed by atoms with E-state index < -0.39 is 12.6 Å². The second-order valence-electron chi connectivity index (χ2n) is 5.54. The van der Waals surface area contributed by atoms with Crippen LogP contribution in [0.2, 0.25) is 0 Å². The van der Waals surface area contributed by atoms with Gasteiger partial charge < -0.3 is 9.64 Å². The minimum absolute atomic E-state index is 0.118. The van der Waals surface area contributed by atoms with Crippen molar-refractivity contribution in [2.75, 3.05) is 18.1 Å².